The predicted octanol–water partition coefficient (Wildman–Crippen LogP) is 25.4. The van der Waals surface area contributed by atoms with Crippen molar-refractivity contribution in [1.82, 2.24) is 0 Å². The van der Waals surface area contributed by atoms with Crippen LogP contribution >= 0.6 is 62.0 Å². The van der Waals surface area contributed by atoms with Gasteiger partial charge in [0.2, 0.25) is 0 Å². The second-order valence-electron chi connectivity index (χ2n) is 23.4. The average Bonchev–Trinajstić information content (AvgIpc) is 4.29. The van der Waals surface area contributed by atoms with E-state index in [9.17, 15) is 0 Å². The molecule has 0 radical (unpaired) electrons. The molecule has 484 valence electrons. The zero-order chi connectivity index (χ0) is 58.8. The van der Waals surface area contributed by atoms with Gasteiger partial charge in [0.25, 0.3) is 0 Å². The molecule has 82 heavy (non-hydrogen) atoms. The first-order chi connectivity index (χ1) is 36.1. The third-order valence-corrected chi connectivity index (χ3v) is 22.4. The van der Waals surface area contributed by atoms with Crippen LogP contribution in [0.3, 0.4) is 0 Å². The Balaban J connectivity index is -0.000000104. The molecule has 0 aromatic carbocycles. The van der Waals surface area contributed by atoms with Crippen molar-refractivity contribution in [3.05, 3.63) is 122 Å². The van der Waals surface area contributed by atoms with Crippen molar-refractivity contribution in [1.29, 1.82) is 0 Å². The number of rotatable bonds is 3. The normalized spacial score (nSPS) is 30.4. The van der Waals surface area contributed by atoms with Gasteiger partial charge in [-0.05, 0) is 147 Å². The Hall–Kier alpha value is 3.76. The fourth-order valence-electron chi connectivity index (χ4n) is 12.9. The van der Waals surface area contributed by atoms with Crippen LogP contribution in [0.15, 0.2) is 72.9 Å². The molecule has 0 saturated heterocycles. The molecule has 0 heterocycles. The topological polar surface area (TPSA) is 54.6 Å². The molecule has 2 N–H and O–H groups in total. The van der Waals surface area contributed by atoms with Gasteiger partial charge >= 0.3 is 140 Å². The van der Waals surface area contributed by atoms with Crippen molar-refractivity contribution in [2.75, 3.05) is 13.2 Å². The molecule has 9 rings (SSSR count). The first-order valence-electron chi connectivity index (χ1n) is 29.2. The molecule has 15 heteroatoms. The van der Waals surface area contributed by atoms with Crippen LogP contribution < -0.4 is 0 Å². The van der Waals surface area contributed by atoms with Crippen LogP contribution in [0.1, 0.15) is 180 Å². The summed E-state index contributed by atoms with van der Waals surface area (Å²) in [7, 11) is 32.9. The van der Waals surface area contributed by atoms with Crippen molar-refractivity contribution < 1.29 is 88.3 Å². The molecule has 0 amide bonds. The first kappa shape index (κ1) is 105. The summed E-state index contributed by atoms with van der Waals surface area (Å²) in [5, 5.41) is 15.1. The standard InChI is InChI=1S/C10H22NSi.2C10H20.3C9H12.2C2H6O.6CH3.7ClH.2Ti.2Zr/c1-9(2)11-12(3,4)10-7-5-6-8-10;2*1-6-7(2)9(4)10(5)8(6)3;3*1-2-5-9-7-3-6-8(9)4-1;2*1-2-3;;;;;;;;;;;;;;;;;/h9-10H,5-8H2,1-4H3;2*6-10H,1-5H3;3*1-2,4-5,8-9H,3,6-7H2;2*3H,2H2,1H3;6*1H3;7*1H;;;;/q-1;;;;;;;;6*-1;;;;;;;;2*+2;2*+4/p-7. The summed E-state index contributed by atoms with van der Waals surface area (Å²) in [4.78, 5) is 4.93. The SMILES string of the molecule is C1=CC2CCCC2C=C1.C1=CC2CCCC2C=C1.C1=CC2CCCC2C=C1.CC(C)[N-][Si](C)(C)C1CCCC1.CC1C(C)C(C)C(C)C1C.CC1C(C)C(C)C(C)C1C.CCO.CCO.[CH3-].[CH3-].[CH3-].[CH3-].[CH3-].[CH3-].[Cl][Ti+].[Cl][Ti][Cl].[Cl][Zr+2][Cl].[Cl][Zr+2][Cl]. The van der Waals surface area contributed by atoms with E-state index < -0.39 is 67.0 Å². The molecule has 0 aromatic rings. The molecule has 0 spiro atoms. The first-order valence-corrected chi connectivity index (χ1v) is 51.3. The molecule has 6 fully saturated rings. The quantitative estimate of drug-likeness (QED) is 0.219. The number of nitrogens with zero attached hydrogens (tertiary/aromatic N) is 1. The van der Waals surface area contributed by atoms with E-state index >= 15 is 0 Å². The predicted molar refractivity (Wildman–Crippen MR) is 372 cm³/mol. The zero-order valence-electron chi connectivity index (χ0n) is 56.4. The van der Waals surface area contributed by atoms with Crippen LogP contribution in [0.2, 0.25) is 18.6 Å². The van der Waals surface area contributed by atoms with Crippen molar-refractivity contribution in [2.45, 2.75) is 205 Å². The number of halogens is 7. The monoisotopic (exact) mass is 1530 g/mol. The van der Waals surface area contributed by atoms with E-state index in [1.165, 1.54) is 103 Å². The Kier molecular flexibility index (Phi) is 84.5. The molecular formula is C67H128Cl7NO2SiTi2Zr2-2. The van der Waals surface area contributed by atoms with E-state index in [4.69, 9.17) is 67.9 Å². The Labute approximate surface area is 586 Å². The summed E-state index contributed by atoms with van der Waals surface area (Å²) in [6.07, 6.45) is 45.9. The number of aliphatic hydroxyl groups excluding tert-OH is 2. The summed E-state index contributed by atoms with van der Waals surface area (Å²) in [5.41, 5.74) is 0.986. The average molecular weight is 1530 g/mol. The van der Waals surface area contributed by atoms with Gasteiger partial charge < -0.3 is 59.8 Å². The van der Waals surface area contributed by atoms with E-state index in [-0.39, 0.29) is 57.8 Å². The van der Waals surface area contributed by atoms with Gasteiger partial charge in [0, 0.05) is 13.2 Å². The summed E-state index contributed by atoms with van der Waals surface area (Å²) >= 11 is -0.734. The van der Waals surface area contributed by atoms with Gasteiger partial charge in [0.1, 0.15) is 0 Å². The Morgan fingerprint density at radius 3 is 0.707 bits per heavy atom. The fraction of sp³-hybridized carbons (Fsp3) is 0.731. The number of fused-ring (bicyclic) bond motifs is 3. The van der Waals surface area contributed by atoms with Crippen molar-refractivity contribution >= 4 is 70.2 Å². The van der Waals surface area contributed by atoms with E-state index in [2.05, 4.69) is 178 Å². The van der Waals surface area contributed by atoms with Crippen LogP contribution in [0, 0.1) is 139 Å². The van der Waals surface area contributed by atoms with Crippen LogP contribution in [0.5, 0.6) is 0 Å². The molecule has 0 aliphatic heterocycles. The van der Waals surface area contributed by atoms with Crippen LogP contribution in [0.4, 0.5) is 0 Å². The second-order valence-corrected chi connectivity index (χ2v) is 37.8. The molecule has 6 saturated carbocycles. The van der Waals surface area contributed by atoms with E-state index in [1.54, 1.807) is 13.8 Å². The van der Waals surface area contributed by atoms with Gasteiger partial charge in [-0.1, -0.05) is 228 Å². The van der Waals surface area contributed by atoms with Gasteiger partial charge in [-0.25, -0.2) is 0 Å². The maximum absolute atomic E-state index is 7.57. The number of hydrogen-bond donors (Lipinski definition) is 2. The summed E-state index contributed by atoms with van der Waals surface area (Å²) in [5.74, 6) is 14.7. The number of hydrogen-bond acceptors (Lipinski definition) is 2. The van der Waals surface area contributed by atoms with Crippen LogP contribution in [-0.2, 0) is 78.1 Å². The van der Waals surface area contributed by atoms with Crippen LogP contribution in [0.25, 0.3) is 4.98 Å². The minimum absolute atomic E-state index is 0. The summed E-state index contributed by atoms with van der Waals surface area (Å²) in [6.45, 7) is 37.1. The van der Waals surface area contributed by atoms with Crippen molar-refractivity contribution in [3.63, 3.8) is 0 Å². The van der Waals surface area contributed by atoms with Crippen LogP contribution in [-0.4, -0.2) is 37.7 Å². The van der Waals surface area contributed by atoms with E-state index in [0.717, 1.165) is 100 Å². The molecule has 9 aliphatic carbocycles. The van der Waals surface area contributed by atoms with E-state index in [1.807, 2.05) is 0 Å². The molecule has 6 unspecified atom stereocenters. The fourth-order valence-corrected chi connectivity index (χ4v) is 16.3. The third-order valence-electron chi connectivity index (χ3n) is 18.6. The molecule has 0 bridgehead atoms. The van der Waals surface area contributed by atoms with Gasteiger partial charge in [0.15, 0.2) is 0 Å². The Morgan fingerprint density at radius 2 is 0.573 bits per heavy atom. The Bertz CT molecular complexity index is 1250. The second kappa shape index (κ2) is 66.2. The molecule has 9 aliphatic rings. The third kappa shape index (κ3) is 45.1. The zero-order valence-corrected chi connectivity index (χ0v) is 70.7. The molecular weight excluding hydrogens is 1410 g/mol. The van der Waals surface area contributed by atoms with Gasteiger partial charge in [-0.3, -0.25) is 0 Å². The minimum atomic E-state index is -1.21. The van der Waals surface area contributed by atoms with Gasteiger partial charge in [-0.2, -0.15) is 0 Å². The van der Waals surface area contributed by atoms with Crippen molar-refractivity contribution in [3.8, 4) is 0 Å². The number of allylic oxidation sites excluding steroid dienone is 12. The Morgan fingerprint density at radius 1 is 0.427 bits per heavy atom. The summed E-state index contributed by atoms with van der Waals surface area (Å²) < 4.78 is 0. The maximum atomic E-state index is 7.57. The number of aliphatic hydroxyl groups is 2. The van der Waals surface area contributed by atoms with Crippen molar-refractivity contribution in [2.24, 2.45) is 94.7 Å². The summed E-state index contributed by atoms with van der Waals surface area (Å²) in [6, 6.07) is 0.548. The molecule has 0 aromatic heterocycles. The van der Waals surface area contributed by atoms with E-state index in [0.29, 0.717) is 6.04 Å². The molecule has 6 atom stereocenters. The molecule has 3 nitrogen and oxygen atoms in total. The van der Waals surface area contributed by atoms with Gasteiger partial charge in [0.05, 0.1) is 0 Å². The van der Waals surface area contributed by atoms with Gasteiger partial charge in [-0.15, -0.1) is 6.04 Å².